The minimum absolute atomic E-state index is 0.0968. The lowest BCUT2D eigenvalue weighted by Gasteiger charge is -2.30. The van der Waals surface area contributed by atoms with Gasteiger partial charge in [-0.1, -0.05) is 50.6 Å². The summed E-state index contributed by atoms with van der Waals surface area (Å²) >= 11 is 0. The van der Waals surface area contributed by atoms with Crippen LogP contribution in [0.1, 0.15) is 64.4 Å². The van der Waals surface area contributed by atoms with Gasteiger partial charge in [0.15, 0.2) is 0 Å². The van der Waals surface area contributed by atoms with Crippen molar-refractivity contribution >= 4 is 16.8 Å². The normalized spacial score (nSPS) is 12.1. The standard InChI is InChI=1S/C25H31N3O2/c1-5-8-17-23(29)27(7-3)18(4)24-26-21-15-11-10-14-20(21)25(30)28(24)22-16-12-9-13-19(22)6-2/h9-16,18H,5-8,17H2,1-4H3. The lowest BCUT2D eigenvalue weighted by Crippen LogP contribution is -2.37. The van der Waals surface area contributed by atoms with Crippen molar-refractivity contribution < 1.29 is 4.79 Å². The van der Waals surface area contributed by atoms with Crippen LogP contribution in [0.5, 0.6) is 0 Å². The van der Waals surface area contributed by atoms with Crippen molar-refractivity contribution in [2.75, 3.05) is 6.54 Å². The summed E-state index contributed by atoms with van der Waals surface area (Å²) < 4.78 is 1.71. The minimum atomic E-state index is -0.318. The molecular formula is C25H31N3O2. The smallest absolute Gasteiger partial charge is 0.266 e. The van der Waals surface area contributed by atoms with Crippen molar-refractivity contribution in [1.82, 2.24) is 14.5 Å². The van der Waals surface area contributed by atoms with Gasteiger partial charge in [-0.3, -0.25) is 14.2 Å². The quantitative estimate of drug-likeness (QED) is 0.527. The second-order valence-corrected chi connectivity index (χ2v) is 7.57. The van der Waals surface area contributed by atoms with Gasteiger partial charge >= 0.3 is 0 Å². The molecule has 5 heteroatoms. The zero-order chi connectivity index (χ0) is 21.7. The van der Waals surface area contributed by atoms with E-state index in [2.05, 4.69) is 13.8 Å². The van der Waals surface area contributed by atoms with E-state index in [0.717, 1.165) is 30.5 Å². The van der Waals surface area contributed by atoms with Gasteiger partial charge in [-0.15, -0.1) is 0 Å². The molecule has 0 saturated heterocycles. The zero-order valence-electron chi connectivity index (χ0n) is 18.4. The summed E-state index contributed by atoms with van der Waals surface area (Å²) in [6.45, 7) is 8.67. The molecule has 0 bridgehead atoms. The molecule has 2 aromatic carbocycles. The summed E-state index contributed by atoms with van der Waals surface area (Å²) in [7, 11) is 0. The van der Waals surface area contributed by atoms with Gasteiger partial charge in [0.25, 0.3) is 5.56 Å². The summed E-state index contributed by atoms with van der Waals surface area (Å²) in [6, 6.07) is 15.0. The second kappa shape index (κ2) is 9.70. The van der Waals surface area contributed by atoms with Gasteiger partial charge in [-0.05, 0) is 50.5 Å². The molecule has 158 valence electrons. The Labute approximate surface area is 178 Å². The third-order valence-electron chi connectivity index (χ3n) is 5.66. The van der Waals surface area contributed by atoms with Crippen molar-refractivity contribution in [3.05, 3.63) is 70.3 Å². The van der Waals surface area contributed by atoms with Crippen LogP contribution in [0.4, 0.5) is 0 Å². The highest BCUT2D eigenvalue weighted by Gasteiger charge is 2.26. The van der Waals surface area contributed by atoms with Crippen molar-refractivity contribution in [1.29, 1.82) is 0 Å². The van der Waals surface area contributed by atoms with Crippen molar-refractivity contribution in [2.45, 2.75) is 59.4 Å². The first kappa shape index (κ1) is 21.8. The second-order valence-electron chi connectivity index (χ2n) is 7.57. The van der Waals surface area contributed by atoms with E-state index in [-0.39, 0.29) is 17.5 Å². The molecule has 1 aromatic heterocycles. The molecule has 1 atom stereocenters. The number of fused-ring (bicyclic) bond motifs is 1. The maximum absolute atomic E-state index is 13.6. The molecule has 0 fully saturated rings. The van der Waals surface area contributed by atoms with E-state index in [1.54, 1.807) is 4.57 Å². The molecule has 0 aliphatic carbocycles. The number of rotatable bonds is 8. The first-order chi connectivity index (χ1) is 14.5. The average molecular weight is 406 g/mol. The molecule has 1 amide bonds. The third kappa shape index (κ3) is 4.16. The topological polar surface area (TPSA) is 55.2 Å². The summed E-state index contributed by atoms with van der Waals surface area (Å²) in [5.74, 6) is 0.705. The lowest BCUT2D eigenvalue weighted by atomic mass is 10.1. The number of amides is 1. The number of nitrogens with zero attached hydrogens (tertiary/aromatic N) is 3. The van der Waals surface area contributed by atoms with Gasteiger partial charge in [-0.2, -0.15) is 0 Å². The summed E-state index contributed by atoms with van der Waals surface area (Å²) in [4.78, 5) is 33.2. The van der Waals surface area contributed by atoms with Gasteiger partial charge in [0.1, 0.15) is 5.82 Å². The molecule has 3 aromatic rings. The molecular weight excluding hydrogens is 374 g/mol. The van der Waals surface area contributed by atoms with Gasteiger partial charge in [0.2, 0.25) is 5.91 Å². The van der Waals surface area contributed by atoms with Gasteiger partial charge in [-0.25, -0.2) is 4.98 Å². The van der Waals surface area contributed by atoms with Gasteiger partial charge in [0.05, 0.1) is 22.6 Å². The monoisotopic (exact) mass is 405 g/mol. The van der Waals surface area contributed by atoms with Crippen molar-refractivity contribution in [3.63, 3.8) is 0 Å². The lowest BCUT2D eigenvalue weighted by molar-refractivity contribution is -0.133. The number of aryl methyl sites for hydroxylation is 1. The Morgan fingerprint density at radius 1 is 1.07 bits per heavy atom. The third-order valence-corrected chi connectivity index (χ3v) is 5.66. The Kier molecular flexibility index (Phi) is 7.03. The summed E-state index contributed by atoms with van der Waals surface area (Å²) in [5, 5.41) is 0.583. The SMILES string of the molecule is CCCCC(=O)N(CC)C(C)c1nc2ccccc2c(=O)n1-c1ccccc1CC. The molecule has 0 radical (unpaired) electrons. The van der Waals surface area contributed by atoms with E-state index in [0.29, 0.717) is 29.7 Å². The zero-order valence-corrected chi connectivity index (χ0v) is 18.4. The molecule has 0 N–H and O–H groups in total. The molecule has 0 saturated carbocycles. The van der Waals surface area contributed by atoms with Crippen LogP contribution in [0.3, 0.4) is 0 Å². The Hall–Kier alpha value is -2.95. The maximum atomic E-state index is 13.6. The summed E-state index contributed by atoms with van der Waals surface area (Å²) in [6.07, 6.45) is 3.15. The Morgan fingerprint density at radius 3 is 2.47 bits per heavy atom. The number of aromatic nitrogens is 2. The van der Waals surface area contributed by atoms with Crippen LogP contribution in [-0.2, 0) is 11.2 Å². The highest BCUT2D eigenvalue weighted by molar-refractivity contribution is 5.79. The Bertz CT molecular complexity index is 1090. The number of benzene rings is 2. The van der Waals surface area contributed by atoms with Gasteiger partial charge in [0, 0.05) is 13.0 Å². The van der Waals surface area contributed by atoms with E-state index in [1.807, 2.05) is 67.3 Å². The van der Waals surface area contributed by atoms with Crippen LogP contribution in [0, 0.1) is 0 Å². The average Bonchev–Trinajstić information content (AvgIpc) is 2.78. The Balaban J connectivity index is 2.25. The highest BCUT2D eigenvalue weighted by atomic mass is 16.2. The van der Waals surface area contributed by atoms with Gasteiger partial charge < -0.3 is 4.90 Å². The molecule has 30 heavy (non-hydrogen) atoms. The van der Waals surface area contributed by atoms with Crippen LogP contribution >= 0.6 is 0 Å². The number of carbonyl (C=O) groups is 1. The highest BCUT2D eigenvalue weighted by Crippen LogP contribution is 2.25. The van der Waals surface area contributed by atoms with E-state index >= 15 is 0 Å². The molecule has 3 rings (SSSR count). The fraction of sp³-hybridized carbons (Fsp3) is 0.400. The maximum Gasteiger partial charge on any atom is 0.266 e. The number of hydrogen-bond donors (Lipinski definition) is 0. The minimum Gasteiger partial charge on any atom is -0.333 e. The first-order valence-corrected chi connectivity index (χ1v) is 10.9. The Morgan fingerprint density at radius 2 is 1.77 bits per heavy atom. The number of para-hydroxylation sites is 2. The molecule has 0 aliphatic heterocycles. The molecule has 5 nitrogen and oxygen atoms in total. The van der Waals surface area contributed by atoms with Crippen LogP contribution < -0.4 is 5.56 Å². The van der Waals surface area contributed by atoms with Crippen LogP contribution in [0.2, 0.25) is 0 Å². The number of unbranched alkanes of at least 4 members (excludes halogenated alkanes) is 1. The van der Waals surface area contributed by atoms with E-state index in [9.17, 15) is 9.59 Å². The predicted octanol–water partition coefficient (Wildman–Crippen LogP) is 5.05. The van der Waals surface area contributed by atoms with Crippen LogP contribution in [0.15, 0.2) is 53.3 Å². The van der Waals surface area contributed by atoms with Crippen LogP contribution in [0.25, 0.3) is 16.6 Å². The van der Waals surface area contributed by atoms with E-state index in [4.69, 9.17) is 4.98 Å². The molecule has 0 aliphatic rings. The van der Waals surface area contributed by atoms with E-state index in [1.165, 1.54) is 0 Å². The van der Waals surface area contributed by atoms with Crippen molar-refractivity contribution in [3.8, 4) is 5.69 Å². The number of hydrogen-bond acceptors (Lipinski definition) is 3. The molecule has 1 heterocycles. The molecule has 0 spiro atoms. The van der Waals surface area contributed by atoms with Crippen molar-refractivity contribution in [2.24, 2.45) is 0 Å². The molecule has 1 unspecified atom stereocenters. The fourth-order valence-corrected chi connectivity index (χ4v) is 3.97. The summed E-state index contributed by atoms with van der Waals surface area (Å²) in [5.41, 5.74) is 2.47. The number of carbonyl (C=O) groups excluding carboxylic acids is 1. The van der Waals surface area contributed by atoms with Crippen LogP contribution in [-0.4, -0.2) is 26.9 Å². The first-order valence-electron chi connectivity index (χ1n) is 10.9. The predicted molar refractivity (Wildman–Crippen MR) is 122 cm³/mol. The largest absolute Gasteiger partial charge is 0.333 e. The van der Waals surface area contributed by atoms with E-state index < -0.39 is 0 Å². The fourth-order valence-electron chi connectivity index (χ4n) is 3.97.